The highest BCUT2D eigenvalue weighted by atomic mass is 19.4. The summed E-state index contributed by atoms with van der Waals surface area (Å²) in [5.41, 5.74) is 9.79. The zero-order chi connectivity index (χ0) is 28.1. The molecule has 2 aromatic carbocycles. The largest absolute Gasteiger partial charge is 0.573 e. The van der Waals surface area contributed by atoms with Crippen molar-refractivity contribution in [3.8, 4) is 17.1 Å². The van der Waals surface area contributed by atoms with Crippen molar-refractivity contribution in [2.45, 2.75) is 57.5 Å². The highest BCUT2D eigenvalue weighted by Crippen LogP contribution is 2.30. The molecule has 4 aromatic rings. The molecule has 0 aliphatic heterocycles. The van der Waals surface area contributed by atoms with Gasteiger partial charge in [-0.15, -0.1) is 13.2 Å². The molecule has 2 aromatic heterocycles. The van der Waals surface area contributed by atoms with E-state index in [1.807, 2.05) is 34.9 Å². The Hall–Kier alpha value is -3.92. The quantitative estimate of drug-likeness (QED) is 0.247. The van der Waals surface area contributed by atoms with E-state index in [2.05, 4.69) is 15.0 Å². The van der Waals surface area contributed by atoms with E-state index in [1.165, 1.54) is 44.2 Å². The molecular formula is C30H32F3N5O2. The van der Waals surface area contributed by atoms with E-state index >= 15 is 0 Å². The van der Waals surface area contributed by atoms with Crippen molar-refractivity contribution in [1.82, 2.24) is 19.9 Å². The summed E-state index contributed by atoms with van der Waals surface area (Å²) in [6.45, 7) is 1.21. The average Bonchev–Trinajstić information content (AvgIpc) is 3.29. The van der Waals surface area contributed by atoms with Crippen LogP contribution in [0.25, 0.3) is 22.4 Å². The number of hydrogen-bond acceptors (Lipinski definition) is 5. The number of nitrogens with zero attached hydrogens (tertiary/aromatic N) is 3. The van der Waals surface area contributed by atoms with E-state index in [1.54, 1.807) is 24.5 Å². The van der Waals surface area contributed by atoms with Gasteiger partial charge < -0.3 is 20.4 Å². The second-order valence-corrected chi connectivity index (χ2v) is 10.3. The zero-order valence-corrected chi connectivity index (χ0v) is 22.0. The van der Waals surface area contributed by atoms with Crippen molar-refractivity contribution >= 4 is 16.9 Å². The number of imidazole rings is 1. The number of nitrogens with one attached hydrogen (secondary N) is 1. The molecular weight excluding hydrogens is 519 g/mol. The fourth-order valence-corrected chi connectivity index (χ4v) is 5.43. The molecule has 1 amide bonds. The van der Waals surface area contributed by atoms with Gasteiger partial charge in [-0.3, -0.25) is 9.78 Å². The maximum Gasteiger partial charge on any atom is 0.573 e. The fourth-order valence-electron chi connectivity index (χ4n) is 5.43. The summed E-state index contributed by atoms with van der Waals surface area (Å²) in [7, 11) is 0. The molecule has 1 aliphatic rings. The molecule has 1 saturated carbocycles. The minimum Gasteiger partial charge on any atom is -0.406 e. The van der Waals surface area contributed by atoms with Crippen LogP contribution in [0.4, 0.5) is 13.2 Å². The molecule has 0 spiro atoms. The number of carbonyl (C=O) groups is 1. The first-order valence-electron chi connectivity index (χ1n) is 13.5. The molecule has 1 aliphatic carbocycles. The first-order valence-corrected chi connectivity index (χ1v) is 13.5. The van der Waals surface area contributed by atoms with Gasteiger partial charge in [-0.1, -0.05) is 37.5 Å². The highest BCUT2D eigenvalue weighted by molar-refractivity contribution is 5.82. The number of nitrogens with two attached hydrogens (primary N) is 1. The number of rotatable bonds is 10. The monoisotopic (exact) mass is 551 g/mol. The molecule has 1 unspecified atom stereocenters. The molecule has 0 saturated heterocycles. The Kier molecular flexibility index (Phi) is 8.35. The van der Waals surface area contributed by atoms with Crippen LogP contribution in [0.2, 0.25) is 0 Å². The third kappa shape index (κ3) is 6.98. The van der Waals surface area contributed by atoms with E-state index in [9.17, 15) is 18.0 Å². The third-order valence-corrected chi connectivity index (χ3v) is 7.39. The van der Waals surface area contributed by atoms with E-state index in [0.717, 1.165) is 34.3 Å². The minimum absolute atomic E-state index is 0.183. The topological polar surface area (TPSA) is 95.1 Å². The number of primary amides is 1. The summed E-state index contributed by atoms with van der Waals surface area (Å²) in [4.78, 5) is 21.0. The van der Waals surface area contributed by atoms with Crippen LogP contribution in [0, 0.1) is 5.92 Å². The first-order chi connectivity index (χ1) is 19.2. The van der Waals surface area contributed by atoms with Crippen LogP contribution in [0.5, 0.6) is 5.75 Å². The van der Waals surface area contributed by atoms with Crippen molar-refractivity contribution in [1.29, 1.82) is 0 Å². The summed E-state index contributed by atoms with van der Waals surface area (Å²) in [5, 5.41) is 3.58. The standard InChI is InChI=1S/C30H32F3N5O2/c31-30(32,33)40-24-9-6-21(7-10-24)19-38-27-11-8-23(16-26(27)37-29(38)22-12-14-35-15-13-22)25(17-28(34)39)36-18-20-4-2-1-3-5-20/h6-16,20,25,36H,1-5,17-19H2,(H2,34,39). The molecule has 7 nitrogen and oxygen atoms in total. The van der Waals surface area contributed by atoms with Crippen molar-refractivity contribution in [2.75, 3.05) is 6.54 Å². The smallest absolute Gasteiger partial charge is 0.406 e. The molecule has 1 atom stereocenters. The number of pyridine rings is 1. The van der Waals surface area contributed by atoms with Gasteiger partial charge in [-0.25, -0.2) is 4.98 Å². The maximum atomic E-state index is 12.6. The Balaban J connectivity index is 1.46. The van der Waals surface area contributed by atoms with Gasteiger partial charge in [-0.05, 0) is 72.8 Å². The van der Waals surface area contributed by atoms with Crippen LogP contribution in [-0.4, -0.2) is 33.3 Å². The van der Waals surface area contributed by atoms with E-state index < -0.39 is 6.36 Å². The lowest BCUT2D eigenvalue weighted by Crippen LogP contribution is -2.31. The summed E-state index contributed by atoms with van der Waals surface area (Å²) in [5.74, 6) is 0.652. The summed E-state index contributed by atoms with van der Waals surface area (Å²) < 4.78 is 43.8. The molecule has 3 N–H and O–H groups in total. The number of ether oxygens (including phenoxy) is 1. The summed E-state index contributed by atoms with van der Waals surface area (Å²) in [6.07, 6.45) is 4.96. The van der Waals surface area contributed by atoms with E-state index in [4.69, 9.17) is 10.7 Å². The van der Waals surface area contributed by atoms with Crippen LogP contribution in [-0.2, 0) is 11.3 Å². The number of alkyl halides is 3. The number of hydrogen-bond donors (Lipinski definition) is 2. The minimum atomic E-state index is -4.74. The van der Waals surface area contributed by atoms with Crippen molar-refractivity contribution < 1.29 is 22.7 Å². The number of halogens is 3. The summed E-state index contributed by atoms with van der Waals surface area (Å²) in [6, 6.07) is 15.3. The molecule has 10 heteroatoms. The van der Waals surface area contributed by atoms with Crippen LogP contribution < -0.4 is 15.8 Å². The highest BCUT2D eigenvalue weighted by Gasteiger charge is 2.31. The van der Waals surface area contributed by atoms with Gasteiger partial charge in [-0.2, -0.15) is 0 Å². The lowest BCUT2D eigenvalue weighted by molar-refractivity contribution is -0.274. The van der Waals surface area contributed by atoms with Gasteiger partial charge in [0.15, 0.2) is 0 Å². The van der Waals surface area contributed by atoms with E-state index in [0.29, 0.717) is 18.3 Å². The first kappa shape index (κ1) is 27.6. The Morgan fingerprint density at radius 3 is 2.45 bits per heavy atom. The summed E-state index contributed by atoms with van der Waals surface area (Å²) >= 11 is 0. The van der Waals surface area contributed by atoms with Gasteiger partial charge >= 0.3 is 6.36 Å². The second-order valence-electron chi connectivity index (χ2n) is 10.3. The molecule has 1 fully saturated rings. The maximum absolute atomic E-state index is 12.6. The number of carbonyl (C=O) groups excluding carboxylic acids is 1. The number of amides is 1. The molecule has 40 heavy (non-hydrogen) atoms. The molecule has 0 bridgehead atoms. The molecule has 5 rings (SSSR count). The molecule has 210 valence electrons. The van der Waals surface area contributed by atoms with Crippen molar-refractivity contribution in [3.05, 3.63) is 78.1 Å². The lowest BCUT2D eigenvalue weighted by Gasteiger charge is -2.25. The predicted octanol–water partition coefficient (Wildman–Crippen LogP) is 6.13. The zero-order valence-electron chi connectivity index (χ0n) is 22.0. The van der Waals surface area contributed by atoms with Gasteiger partial charge in [0.1, 0.15) is 11.6 Å². The Morgan fingerprint density at radius 1 is 1.05 bits per heavy atom. The number of fused-ring (bicyclic) bond motifs is 1. The van der Waals surface area contributed by atoms with Gasteiger partial charge in [0, 0.05) is 37.0 Å². The lowest BCUT2D eigenvalue weighted by atomic mass is 9.89. The van der Waals surface area contributed by atoms with Crippen molar-refractivity contribution in [3.63, 3.8) is 0 Å². The van der Waals surface area contributed by atoms with Gasteiger partial charge in [0.25, 0.3) is 0 Å². The fraction of sp³-hybridized carbons (Fsp3) is 0.367. The van der Waals surface area contributed by atoms with E-state index in [-0.39, 0.29) is 24.1 Å². The van der Waals surface area contributed by atoms with Crippen LogP contribution in [0.3, 0.4) is 0 Å². The van der Waals surface area contributed by atoms with Crippen LogP contribution in [0.1, 0.15) is 55.7 Å². The predicted molar refractivity (Wildman–Crippen MR) is 146 cm³/mol. The Bertz CT molecular complexity index is 1430. The van der Waals surface area contributed by atoms with Crippen molar-refractivity contribution in [2.24, 2.45) is 11.7 Å². The average molecular weight is 552 g/mol. The van der Waals surface area contributed by atoms with Crippen LogP contribution in [0.15, 0.2) is 67.0 Å². The number of benzene rings is 2. The SMILES string of the molecule is NC(=O)CC(NCC1CCCCC1)c1ccc2c(c1)nc(-c1ccncc1)n2Cc1ccc(OC(F)(F)F)cc1. The third-order valence-electron chi connectivity index (χ3n) is 7.39. The van der Waals surface area contributed by atoms with Gasteiger partial charge in [0.2, 0.25) is 5.91 Å². The number of aromatic nitrogens is 3. The second kappa shape index (κ2) is 12.1. The molecule has 2 heterocycles. The Labute approximate surface area is 230 Å². The molecule has 0 radical (unpaired) electrons. The van der Waals surface area contributed by atoms with Crippen LogP contribution >= 0.6 is 0 Å². The normalized spacial score (nSPS) is 15.3. The Morgan fingerprint density at radius 2 is 1.77 bits per heavy atom. The van der Waals surface area contributed by atoms with Gasteiger partial charge in [0.05, 0.1) is 11.0 Å².